The first-order valence-corrected chi connectivity index (χ1v) is 11.2. The van der Waals surface area contributed by atoms with Gasteiger partial charge in [-0.05, 0) is 44.5 Å². The molecule has 0 bridgehead atoms. The summed E-state index contributed by atoms with van der Waals surface area (Å²) in [6.07, 6.45) is 5.69. The molecule has 1 saturated carbocycles. The molecule has 2 heterocycles. The van der Waals surface area contributed by atoms with Gasteiger partial charge in [0.1, 0.15) is 0 Å². The molecule has 0 spiro atoms. The van der Waals surface area contributed by atoms with E-state index in [-0.39, 0.29) is 11.9 Å². The maximum absolute atomic E-state index is 13.0. The summed E-state index contributed by atoms with van der Waals surface area (Å²) in [7, 11) is 3.89. The van der Waals surface area contributed by atoms with E-state index >= 15 is 0 Å². The van der Waals surface area contributed by atoms with Gasteiger partial charge in [-0.25, -0.2) is 0 Å². The van der Waals surface area contributed by atoms with Crippen molar-refractivity contribution in [2.24, 2.45) is 17.8 Å². The van der Waals surface area contributed by atoms with Gasteiger partial charge in [-0.15, -0.1) is 0 Å². The summed E-state index contributed by atoms with van der Waals surface area (Å²) < 4.78 is 0. The third-order valence-corrected chi connectivity index (χ3v) is 7.29. The van der Waals surface area contributed by atoms with E-state index in [1.807, 2.05) is 19.0 Å². The van der Waals surface area contributed by atoms with Crippen molar-refractivity contribution >= 4 is 11.8 Å². The quantitative estimate of drug-likeness (QED) is 0.741. The number of hydrogen-bond donors (Lipinski definition) is 0. The van der Waals surface area contributed by atoms with E-state index in [9.17, 15) is 9.59 Å². The fourth-order valence-electron chi connectivity index (χ4n) is 5.45. The first kappa shape index (κ1) is 20.4. The lowest BCUT2D eigenvalue weighted by atomic mass is 9.82. The van der Waals surface area contributed by atoms with Crippen LogP contribution in [0.5, 0.6) is 0 Å². The normalized spacial score (nSPS) is 26.7. The van der Waals surface area contributed by atoms with Gasteiger partial charge < -0.3 is 14.7 Å². The van der Waals surface area contributed by atoms with Gasteiger partial charge in [-0.2, -0.15) is 0 Å². The van der Waals surface area contributed by atoms with Crippen LogP contribution in [0.15, 0.2) is 24.3 Å². The van der Waals surface area contributed by atoms with Crippen molar-refractivity contribution in [2.45, 2.75) is 45.1 Å². The Hall–Kier alpha value is -1.88. The number of hydrogen-bond acceptors (Lipinski definition) is 3. The molecule has 158 valence electrons. The van der Waals surface area contributed by atoms with Crippen LogP contribution < -0.4 is 0 Å². The third kappa shape index (κ3) is 4.20. The van der Waals surface area contributed by atoms with Crippen LogP contribution in [-0.4, -0.2) is 66.8 Å². The molecular weight excluding hydrogens is 362 g/mol. The molecule has 2 saturated heterocycles. The predicted octanol–water partition coefficient (Wildman–Crippen LogP) is 3.09. The Morgan fingerprint density at radius 2 is 1.83 bits per heavy atom. The fraction of sp³-hybridized carbons (Fsp3) is 0.667. The molecule has 2 amide bonds. The topological polar surface area (TPSA) is 43.9 Å². The molecule has 5 nitrogen and oxygen atoms in total. The maximum atomic E-state index is 13.0. The summed E-state index contributed by atoms with van der Waals surface area (Å²) in [5, 5.41) is 0. The second kappa shape index (κ2) is 8.47. The first-order valence-electron chi connectivity index (χ1n) is 11.2. The van der Waals surface area contributed by atoms with Crippen molar-refractivity contribution in [3.05, 3.63) is 35.4 Å². The SMILES string of the molecule is Cc1ccccc1[C@H]1[C@@H]2CN(C(=O)CCC3CCC3)C[C@@H]2CN1C(=O)CN(C)C. The zero-order chi connectivity index (χ0) is 20.5. The predicted molar refractivity (Wildman–Crippen MR) is 114 cm³/mol. The van der Waals surface area contributed by atoms with Crippen LogP contribution in [0.25, 0.3) is 0 Å². The van der Waals surface area contributed by atoms with Gasteiger partial charge >= 0.3 is 0 Å². The van der Waals surface area contributed by atoms with Crippen LogP contribution >= 0.6 is 0 Å². The number of likely N-dealkylation sites (N-methyl/N-ethyl adjacent to an activating group) is 1. The highest BCUT2D eigenvalue weighted by Crippen LogP contribution is 2.46. The fourth-order valence-corrected chi connectivity index (χ4v) is 5.45. The Kier molecular flexibility index (Phi) is 5.95. The van der Waals surface area contributed by atoms with Crippen LogP contribution in [0.4, 0.5) is 0 Å². The standard InChI is InChI=1S/C24H35N3O2/c1-17-7-4-5-10-20(17)24-21-15-26(22(28)12-11-18-8-6-9-18)13-19(21)14-27(24)23(29)16-25(2)3/h4-5,7,10,18-19,21,24H,6,8-9,11-16H2,1-3H3/t19-,21-,24+/m1/s1. The van der Waals surface area contributed by atoms with Crippen molar-refractivity contribution in [1.29, 1.82) is 0 Å². The molecule has 2 aliphatic heterocycles. The molecule has 1 aliphatic carbocycles. The first-order chi connectivity index (χ1) is 13.9. The lowest BCUT2D eigenvalue weighted by Crippen LogP contribution is -2.41. The van der Waals surface area contributed by atoms with Crippen LogP contribution in [0.1, 0.15) is 49.3 Å². The molecule has 3 fully saturated rings. The summed E-state index contributed by atoms with van der Waals surface area (Å²) in [6.45, 7) is 4.93. The van der Waals surface area contributed by atoms with Gasteiger partial charge in [0.05, 0.1) is 12.6 Å². The molecule has 0 radical (unpaired) electrons. The van der Waals surface area contributed by atoms with E-state index in [1.165, 1.54) is 30.4 Å². The Morgan fingerprint density at radius 3 is 2.48 bits per heavy atom. The number of amides is 2. The maximum Gasteiger partial charge on any atom is 0.237 e. The molecule has 1 aromatic carbocycles. The van der Waals surface area contributed by atoms with Crippen LogP contribution in [0.3, 0.4) is 0 Å². The Morgan fingerprint density at radius 1 is 1.07 bits per heavy atom. The van der Waals surface area contributed by atoms with Gasteiger partial charge in [-0.1, -0.05) is 43.5 Å². The molecule has 0 N–H and O–H groups in total. The highest BCUT2D eigenvalue weighted by atomic mass is 16.2. The van der Waals surface area contributed by atoms with Gasteiger partial charge in [0, 0.05) is 37.9 Å². The van der Waals surface area contributed by atoms with Gasteiger partial charge in [0.25, 0.3) is 0 Å². The number of nitrogens with zero attached hydrogens (tertiary/aromatic N) is 3. The van der Waals surface area contributed by atoms with Gasteiger partial charge in [0.15, 0.2) is 0 Å². The van der Waals surface area contributed by atoms with Crippen molar-refractivity contribution in [2.75, 3.05) is 40.3 Å². The van der Waals surface area contributed by atoms with E-state index in [2.05, 4.69) is 41.0 Å². The largest absolute Gasteiger partial charge is 0.342 e. The molecule has 1 aromatic rings. The van der Waals surface area contributed by atoms with Crippen molar-refractivity contribution in [1.82, 2.24) is 14.7 Å². The number of benzene rings is 1. The van der Waals surface area contributed by atoms with Gasteiger partial charge in [0.2, 0.25) is 11.8 Å². The number of carbonyl (C=O) groups is 2. The lowest BCUT2D eigenvalue weighted by molar-refractivity contribution is -0.134. The Bertz CT molecular complexity index is 758. The highest BCUT2D eigenvalue weighted by molar-refractivity contribution is 5.80. The molecule has 3 aliphatic rings. The van der Waals surface area contributed by atoms with E-state index < -0.39 is 0 Å². The Balaban J connectivity index is 1.50. The van der Waals surface area contributed by atoms with E-state index in [1.54, 1.807) is 0 Å². The average molecular weight is 398 g/mol. The molecule has 0 unspecified atom stereocenters. The average Bonchev–Trinajstić information content (AvgIpc) is 3.18. The zero-order valence-electron chi connectivity index (χ0n) is 18.1. The molecule has 5 heteroatoms. The molecule has 0 aromatic heterocycles. The molecule has 3 atom stereocenters. The van der Waals surface area contributed by atoms with E-state index in [0.717, 1.165) is 32.0 Å². The summed E-state index contributed by atoms with van der Waals surface area (Å²) >= 11 is 0. The monoisotopic (exact) mass is 397 g/mol. The van der Waals surface area contributed by atoms with Crippen molar-refractivity contribution in [3.63, 3.8) is 0 Å². The molecular formula is C24H35N3O2. The minimum absolute atomic E-state index is 0.0816. The number of fused-ring (bicyclic) bond motifs is 1. The highest BCUT2D eigenvalue weighted by Gasteiger charge is 2.50. The molecule has 29 heavy (non-hydrogen) atoms. The summed E-state index contributed by atoms with van der Waals surface area (Å²) in [6, 6.07) is 8.51. The van der Waals surface area contributed by atoms with Crippen molar-refractivity contribution in [3.8, 4) is 0 Å². The molecule has 4 rings (SSSR count). The lowest BCUT2D eigenvalue weighted by Gasteiger charge is -2.32. The van der Waals surface area contributed by atoms with Crippen LogP contribution in [0, 0.1) is 24.7 Å². The minimum Gasteiger partial charge on any atom is -0.342 e. The number of likely N-dealkylation sites (tertiary alicyclic amines) is 2. The third-order valence-electron chi connectivity index (χ3n) is 7.29. The summed E-state index contributed by atoms with van der Waals surface area (Å²) in [4.78, 5) is 32.0. The zero-order valence-corrected chi connectivity index (χ0v) is 18.1. The summed E-state index contributed by atoms with van der Waals surface area (Å²) in [5.41, 5.74) is 2.48. The second-order valence-corrected chi connectivity index (χ2v) is 9.64. The number of aryl methyl sites for hydroxylation is 1. The van der Waals surface area contributed by atoms with Crippen LogP contribution in [0.2, 0.25) is 0 Å². The minimum atomic E-state index is 0.0816. The van der Waals surface area contributed by atoms with Crippen molar-refractivity contribution < 1.29 is 9.59 Å². The van der Waals surface area contributed by atoms with E-state index in [0.29, 0.717) is 30.7 Å². The van der Waals surface area contributed by atoms with E-state index in [4.69, 9.17) is 0 Å². The second-order valence-electron chi connectivity index (χ2n) is 9.64. The number of rotatable bonds is 6. The van der Waals surface area contributed by atoms with Gasteiger partial charge in [-0.3, -0.25) is 9.59 Å². The smallest absolute Gasteiger partial charge is 0.237 e. The Labute approximate surface area is 175 Å². The number of carbonyl (C=O) groups excluding carboxylic acids is 2. The summed E-state index contributed by atoms with van der Waals surface area (Å²) in [5.74, 6) is 2.02. The van der Waals surface area contributed by atoms with Crippen LogP contribution in [-0.2, 0) is 9.59 Å².